The van der Waals surface area contributed by atoms with Gasteiger partial charge in [0.15, 0.2) is 0 Å². The number of aliphatic carboxylic acids is 1. The van der Waals surface area contributed by atoms with Crippen LogP contribution in [0.25, 0.3) is 10.9 Å². The van der Waals surface area contributed by atoms with Gasteiger partial charge in [-0.05, 0) is 12.1 Å². The number of nitriles is 1. The van der Waals surface area contributed by atoms with Gasteiger partial charge in [0, 0.05) is 22.7 Å². The smallest absolute Gasteiger partial charge is 0.325 e. The number of carboxylic acids is 1. The molecule has 0 amide bonds. The maximum atomic E-state index is 10.8. The van der Waals surface area contributed by atoms with Gasteiger partial charge in [0.2, 0.25) is 0 Å². The summed E-state index contributed by atoms with van der Waals surface area (Å²) in [5.74, 6) is -1.08. The third-order valence-corrected chi connectivity index (χ3v) is 2.44. The number of benzene rings is 1. The van der Waals surface area contributed by atoms with Gasteiger partial charge in [0.05, 0.1) is 11.6 Å². The Bertz CT molecular complexity index is 595. The largest absolute Gasteiger partial charge is 0.480 e. The molecule has 1 heterocycles. The molecule has 1 aromatic carbocycles. The molecule has 1 unspecified atom stereocenters. The zero-order chi connectivity index (χ0) is 11.7. The molecule has 0 saturated carbocycles. The molecular weight excluding hydrogens is 206 g/mol. The van der Waals surface area contributed by atoms with Crippen LogP contribution in [0.3, 0.4) is 0 Å². The van der Waals surface area contributed by atoms with Crippen LogP contribution in [0, 0.1) is 11.3 Å². The first-order valence-electron chi connectivity index (χ1n) is 4.63. The minimum absolute atomic E-state index is 0.518. The number of carbonyl (C=O) groups is 1. The summed E-state index contributed by atoms with van der Waals surface area (Å²) in [5, 5.41) is 18.3. The third-order valence-electron chi connectivity index (χ3n) is 2.44. The summed E-state index contributed by atoms with van der Waals surface area (Å²) in [7, 11) is 0. The molecule has 2 aromatic rings. The van der Waals surface area contributed by atoms with Gasteiger partial charge in [0.25, 0.3) is 0 Å². The average molecular weight is 215 g/mol. The van der Waals surface area contributed by atoms with E-state index >= 15 is 0 Å². The van der Waals surface area contributed by atoms with Crippen LogP contribution in [-0.2, 0) is 4.79 Å². The Labute approximate surface area is 91.1 Å². The first-order valence-corrected chi connectivity index (χ1v) is 4.63. The minimum Gasteiger partial charge on any atom is -0.480 e. The molecule has 1 aromatic heterocycles. The molecule has 0 aliphatic heterocycles. The van der Waals surface area contributed by atoms with Crippen molar-refractivity contribution in [3.05, 3.63) is 35.5 Å². The summed E-state index contributed by atoms with van der Waals surface area (Å²) >= 11 is 0. The maximum Gasteiger partial charge on any atom is 0.325 e. The van der Waals surface area contributed by atoms with E-state index < -0.39 is 12.0 Å². The number of carboxylic acid groups (broad SMARTS) is 1. The van der Waals surface area contributed by atoms with Crippen LogP contribution < -0.4 is 5.73 Å². The van der Waals surface area contributed by atoms with Crippen LogP contribution in [0.2, 0.25) is 0 Å². The van der Waals surface area contributed by atoms with E-state index in [0.29, 0.717) is 16.6 Å². The number of fused-ring (bicyclic) bond motifs is 1. The van der Waals surface area contributed by atoms with E-state index in [0.717, 1.165) is 5.39 Å². The molecular formula is C11H9N3O2. The molecule has 16 heavy (non-hydrogen) atoms. The highest BCUT2D eigenvalue weighted by Gasteiger charge is 2.18. The predicted octanol–water partition coefficient (Wildman–Crippen LogP) is 1.12. The molecule has 4 N–H and O–H groups in total. The van der Waals surface area contributed by atoms with Gasteiger partial charge in [0.1, 0.15) is 6.04 Å². The van der Waals surface area contributed by atoms with Crippen molar-refractivity contribution in [2.75, 3.05) is 0 Å². The number of aromatic nitrogens is 1. The molecule has 0 bridgehead atoms. The monoisotopic (exact) mass is 215 g/mol. The van der Waals surface area contributed by atoms with Crippen molar-refractivity contribution in [2.24, 2.45) is 5.73 Å². The second-order valence-corrected chi connectivity index (χ2v) is 3.43. The van der Waals surface area contributed by atoms with E-state index in [2.05, 4.69) is 4.98 Å². The number of H-pyrrole nitrogens is 1. The van der Waals surface area contributed by atoms with Gasteiger partial charge < -0.3 is 15.8 Å². The van der Waals surface area contributed by atoms with Crippen molar-refractivity contribution in [1.82, 2.24) is 4.98 Å². The molecule has 0 saturated heterocycles. The lowest BCUT2D eigenvalue weighted by Gasteiger charge is -2.03. The topological polar surface area (TPSA) is 103 Å². The summed E-state index contributed by atoms with van der Waals surface area (Å²) in [6.45, 7) is 0. The number of nitrogens with two attached hydrogens (primary N) is 1. The van der Waals surface area contributed by atoms with Gasteiger partial charge in [-0.15, -0.1) is 0 Å². The normalized spacial score (nSPS) is 12.2. The zero-order valence-electron chi connectivity index (χ0n) is 8.27. The molecule has 2 rings (SSSR count). The molecule has 0 aliphatic rings. The molecule has 0 spiro atoms. The summed E-state index contributed by atoms with van der Waals surface area (Å²) in [4.78, 5) is 13.7. The average Bonchev–Trinajstić information content (AvgIpc) is 2.70. The number of aromatic amines is 1. The van der Waals surface area contributed by atoms with Crippen molar-refractivity contribution in [3.63, 3.8) is 0 Å². The van der Waals surface area contributed by atoms with Crippen molar-refractivity contribution >= 4 is 16.9 Å². The zero-order valence-corrected chi connectivity index (χ0v) is 8.27. The Morgan fingerprint density at radius 3 is 2.94 bits per heavy atom. The highest BCUT2D eigenvalue weighted by molar-refractivity contribution is 5.89. The minimum atomic E-state index is -1.08. The Balaban J connectivity index is 2.59. The van der Waals surface area contributed by atoms with E-state index in [1.54, 1.807) is 24.4 Å². The highest BCUT2D eigenvalue weighted by Crippen LogP contribution is 2.23. The van der Waals surface area contributed by atoms with Crippen LogP contribution in [0.1, 0.15) is 17.2 Å². The Hall–Kier alpha value is -2.32. The van der Waals surface area contributed by atoms with Crippen molar-refractivity contribution in [2.45, 2.75) is 6.04 Å². The van der Waals surface area contributed by atoms with E-state index in [1.807, 2.05) is 6.07 Å². The van der Waals surface area contributed by atoms with E-state index in [-0.39, 0.29) is 0 Å². The Kier molecular flexibility index (Phi) is 2.35. The molecule has 80 valence electrons. The van der Waals surface area contributed by atoms with Crippen molar-refractivity contribution in [1.29, 1.82) is 5.26 Å². The number of nitrogens with zero attached hydrogens (tertiary/aromatic N) is 1. The molecule has 0 radical (unpaired) electrons. The fourth-order valence-electron chi connectivity index (χ4n) is 1.61. The number of rotatable bonds is 2. The second-order valence-electron chi connectivity index (χ2n) is 3.43. The second kappa shape index (κ2) is 3.68. The predicted molar refractivity (Wildman–Crippen MR) is 57.6 cm³/mol. The first-order chi connectivity index (χ1) is 7.63. The van der Waals surface area contributed by atoms with Crippen LogP contribution in [0.4, 0.5) is 0 Å². The van der Waals surface area contributed by atoms with Gasteiger partial charge in [-0.3, -0.25) is 4.79 Å². The van der Waals surface area contributed by atoms with Crippen LogP contribution in [-0.4, -0.2) is 16.1 Å². The third kappa shape index (κ3) is 1.51. The number of nitrogens with one attached hydrogen (secondary N) is 1. The SMILES string of the molecule is N#Cc1ccc2c(C(N)C(=O)O)c[nH]c2c1. The summed E-state index contributed by atoms with van der Waals surface area (Å²) in [6, 6.07) is 5.95. The van der Waals surface area contributed by atoms with E-state index in [4.69, 9.17) is 16.1 Å². The lowest BCUT2D eigenvalue weighted by molar-refractivity contribution is -0.138. The molecule has 5 nitrogen and oxygen atoms in total. The summed E-state index contributed by atoms with van der Waals surface area (Å²) < 4.78 is 0. The highest BCUT2D eigenvalue weighted by atomic mass is 16.4. The lowest BCUT2D eigenvalue weighted by Crippen LogP contribution is -2.20. The van der Waals surface area contributed by atoms with Gasteiger partial charge in [-0.1, -0.05) is 6.07 Å². The van der Waals surface area contributed by atoms with Gasteiger partial charge >= 0.3 is 5.97 Å². The van der Waals surface area contributed by atoms with Gasteiger partial charge in [-0.2, -0.15) is 5.26 Å². The first kappa shape index (κ1) is 10.2. The standard InChI is InChI=1S/C11H9N3O2/c12-4-6-1-2-7-8(10(13)11(15)16)5-14-9(7)3-6/h1-3,5,10,14H,13H2,(H,15,16). The van der Waals surface area contributed by atoms with Crippen LogP contribution in [0.5, 0.6) is 0 Å². The van der Waals surface area contributed by atoms with E-state index in [9.17, 15) is 4.79 Å². The summed E-state index contributed by atoms with van der Waals surface area (Å²) in [5.41, 5.74) is 7.29. The van der Waals surface area contributed by atoms with Gasteiger partial charge in [-0.25, -0.2) is 0 Å². The van der Waals surface area contributed by atoms with Crippen molar-refractivity contribution < 1.29 is 9.90 Å². The summed E-state index contributed by atoms with van der Waals surface area (Å²) in [6.07, 6.45) is 1.56. The Morgan fingerprint density at radius 1 is 1.56 bits per heavy atom. The molecule has 1 atom stereocenters. The quantitative estimate of drug-likeness (QED) is 0.698. The van der Waals surface area contributed by atoms with E-state index in [1.165, 1.54) is 0 Å². The lowest BCUT2D eigenvalue weighted by atomic mass is 10.1. The van der Waals surface area contributed by atoms with Crippen molar-refractivity contribution in [3.8, 4) is 6.07 Å². The number of hydrogen-bond acceptors (Lipinski definition) is 3. The molecule has 0 fully saturated rings. The Morgan fingerprint density at radius 2 is 2.31 bits per heavy atom. The number of hydrogen-bond donors (Lipinski definition) is 3. The fourth-order valence-corrected chi connectivity index (χ4v) is 1.61. The van der Waals surface area contributed by atoms with Crippen LogP contribution >= 0.6 is 0 Å². The maximum absolute atomic E-state index is 10.8. The molecule has 0 aliphatic carbocycles. The molecule has 5 heteroatoms. The van der Waals surface area contributed by atoms with Crippen LogP contribution in [0.15, 0.2) is 24.4 Å². The fraction of sp³-hybridized carbons (Fsp3) is 0.0909.